The van der Waals surface area contributed by atoms with Gasteiger partial charge in [0.15, 0.2) is 0 Å². The topological polar surface area (TPSA) is 39.4 Å². The van der Waals surface area contributed by atoms with Gasteiger partial charge in [0.1, 0.15) is 5.58 Å². The van der Waals surface area contributed by atoms with Crippen LogP contribution in [0.5, 0.6) is 0 Å². The monoisotopic (exact) mass is 294 g/mol. The van der Waals surface area contributed by atoms with Gasteiger partial charge in [-0.3, -0.25) is 4.79 Å². The van der Waals surface area contributed by atoms with Gasteiger partial charge in [0.2, 0.25) is 0 Å². The Labute approximate surface area is 129 Å². The summed E-state index contributed by atoms with van der Waals surface area (Å²) < 4.78 is 10.4. The maximum atomic E-state index is 11.6. The van der Waals surface area contributed by atoms with E-state index >= 15 is 0 Å². The molecule has 0 aliphatic heterocycles. The first-order valence-electron chi connectivity index (χ1n) is 7.37. The fourth-order valence-corrected chi connectivity index (χ4v) is 2.66. The Morgan fingerprint density at radius 2 is 2.00 bits per heavy atom. The molecule has 2 aromatic carbocycles. The summed E-state index contributed by atoms with van der Waals surface area (Å²) in [6.45, 7) is 2.13. The maximum absolute atomic E-state index is 11.6. The van der Waals surface area contributed by atoms with E-state index in [4.69, 9.17) is 9.15 Å². The minimum Gasteiger partial charge on any atom is -0.469 e. The van der Waals surface area contributed by atoms with Crippen LogP contribution in [-0.2, 0) is 22.4 Å². The Balaban J connectivity index is 2.14. The van der Waals surface area contributed by atoms with Gasteiger partial charge in [-0.25, -0.2) is 0 Å². The number of hydrogen-bond donors (Lipinski definition) is 0. The van der Waals surface area contributed by atoms with Gasteiger partial charge in [0.05, 0.1) is 19.8 Å². The second-order valence-electron chi connectivity index (χ2n) is 5.29. The van der Waals surface area contributed by atoms with E-state index in [2.05, 4.69) is 31.2 Å². The molecule has 3 nitrogen and oxygen atoms in total. The number of carbonyl (C=O) groups excluding carboxylic acids is 1. The summed E-state index contributed by atoms with van der Waals surface area (Å²) >= 11 is 0. The molecule has 0 fully saturated rings. The van der Waals surface area contributed by atoms with Gasteiger partial charge in [-0.15, -0.1) is 0 Å². The number of furan rings is 1. The highest BCUT2D eigenvalue weighted by Crippen LogP contribution is 2.31. The van der Waals surface area contributed by atoms with Crippen LogP contribution in [0.4, 0.5) is 0 Å². The highest BCUT2D eigenvalue weighted by Gasteiger charge is 2.12. The van der Waals surface area contributed by atoms with Crippen molar-refractivity contribution in [3.63, 3.8) is 0 Å². The molecular formula is C19H18O3. The third-order valence-corrected chi connectivity index (χ3v) is 3.83. The van der Waals surface area contributed by atoms with Crippen LogP contribution in [0.1, 0.15) is 18.1 Å². The fraction of sp³-hybridized carbons (Fsp3) is 0.211. The highest BCUT2D eigenvalue weighted by molar-refractivity contribution is 5.94. The van der Waals surface area contributed by atoms with Crippen molar-refractivity contribution >= 4 is 16.9 Å². The first-order valence-corrected chi connectivity index (χ1v) is 7.37. The molecule has 0 aliphatic carbocycles. The summed E-state index contributed by atoms with van der Waals surface area (Å²) in [5, 5.41) is 0.998. The van der Waals surface area contributed by atoms with Crippen LogP contribution in [0, 0.1) is 0 Å². The van der Waals surface area contributed by atoms with Crippen molar-refractivity contribution in [1.29, 1.82) is 0 Å². The van der Waals surface area contributed by atoms with E-state index < -0.39 is 0 Å². The molecule has 0 saturated heterocycles. The molecule has 1 aromatic heterocycles. The Morgan fingerprint density at radius 1 is 1.14 bits per heavy atom. The first-order chi connectivity index (χ1) is 10.7. The summed E-state index contributed by atoms with van der Waals surface area (Å²) in [6, 6.07) is 14.3. The predicted octanol–water partition coefficient (Wildman–Crippen LogP) is 4.38. The molecule has 0 saturated carbocycles. The number of methoxy groups -OCH3 is 1. The zero-order chi connectivity index (χ0) is 15.5. The largest absolute Gasteiger partial charge is 0.469 e. The van der Waals surface area contributed by atoms with Crippen LogP contribution in [0.25, 0.3) is 22.1 Å². The van der Waals surface area contributed by atoms with Crippen LogP contribution in [0.2, 0.25) is 0 Å². The van der Waals surface area contributed by atoms with Crippen molar-refractivity contribution in [2.75, 3.05) is 7.11 Å². The van der Waals surface area contributed by atoms with Crippen LogP contribution in [0.3, 0.4) is 0 Å². The second kappa shape index (κ2) is 6.06. The second-order valence-corrected chi connectivity index (χ2v) is 5.29. The van der Waals surface area contributed by atoms with Gasteiger partial charge in [-0.05, 0) is 41.3 Å². The van der Waals surface area contributed by atoms with E-state index in [1.165, 1.54) is 12.7 Å². The van der Waals surface area contributed by atoms with Crippen molar-refractivity contribution < 1.29 is 13.9 Å². The normalized spacial score (nSPS) is 10.8. The summed E-state index contributed by atoms with van der Waals surface area (Å²) in [5.41, 5.74) is 5.16. The number of ether oxygens (including phenoxy) is 1. The Morgan fingerprint density at radius 3 is 2.77 bits per heavy atom. The van der Waals surface area contributed by atoms with Crippen molar-refractivity contribution in [2.24, 2.45) is 0 Å². The van der Waals surface area contributed by atoms with E-state index in [9.17, 15) is 4.79 Å². The fourth-order valence-electron chi connectivity index (χ4n) is 2.66. The summed E-state index contributed by atoms with van der Waals surface area (Å²) in [6.07, 6.45) is 2.93. The molecule has 0 amide bonds. The van der Waals surface area contributed by atoms with Gasteiger partial charge in [-0.2, -0.15) is 0 Å². The smallest absolute Gasteiger partial charge is 0.309 e. The van der Waals surface area contributed by atoms with Crippen molar-refractivity contribution in [3.05, 3.63) is 59.9 Å². The van der Waals surface area contributed by atoms with E-state index in [1.807, 2.05) is 18.2 Å². The maximum Gasteiger partial charge on any atom is 0.309 e. The third kappa shape index (κ3) is 2.75. The molecule has 1 heterocycles. The van der Waals surface area contributed by atoms with Crippen LogP contribution in [0.15, 0.2) is 53.1 Å². The van der Waals surface area contributed by atoms with Crippen molar-refractivity contribution in [3.8, 4) is 11.1 Å². The standard InChI is InChI=1S/C19H18O3/c1-3-13-5-4-6-15(9-13)17-11-14(12-18(20)21-2)10-16-7-8-22-19(16)17/h4-11H,3,12H2,1-2H3. The molecular weight excluding hydrogens is 276 g/mol. The summed E-state index contributed by atoms with van der Waals surface area (Å²) in [7, 11) is 1.41. The van der Waals surface area contributed by atoms with Crippen LogP contribution < -0.4 is 0 Å². The summed E-state index contributed by atoms with van der Waals surface area (Å²) in [4.78, 5) is 11.6. The molecule has 22 heavy (non-hydrogen) atoms. The Hall–Kier alpha value is -2.55. The van der Waals surface area contributed by atoms with Crippen LogP contribution in [-0.4, -0.2) is 13.1 Å². The molecule has 0 aliphatic rings. The van der Waals surface area contributed by atoms with Gasteiger partial charge >= 0.3 is 5.97 Å². The third-order valence-electron chi connectivity index (χ3n) is 3.83. The molecule has 0 radical (unpaired) electrons. The molecule has 3 aromatic rings. The SMILES string of the molecule is CCc1cccc(-c2cc(CC(=O)OC)cc3ccoc23)c1. The van der Waals surface area contributed by atoms with Gasteiger partial charge in [-0.1, -0.05) is 31.2 Å². The molecule has 0 atom stereocenters. The predicted molar refractivity (Wildman–Crippen MR) is 86.7 cm³/mol. The van der Waals surface area contributed by atoms with Gasteiger partial charge in [0, 0.05) is 10.9 Å². The quantitative estimate of drug-likeness (QED) is 0.670. The van der Waals surface area contributed by atoms with E-state index in [0.29, 0.717) is 0 Å². The number of hydrogen-bond acceptors (Lipinski definition) is 3. The molecule has 112 valence electrons. The highest BCUT2D eigenvalue weighted by atomic mass is 16.5. The lowest BCUT2D eigenvalue weighted by molar-refractivity contribution is -0.139. The Bertz CT molecular complexity index is 814. The average Bonchev–Trinajstić information content (AvgIpc) is 3.02. The van der Waals surface area contributed by atoms with E-state index in [0.717, 1.165) is 34.1 Å². The van der Waals surface area contributed by atoms with E-state index in [1.54, 1.807) is 6.26 Å². The average molecular weight is 294 g/mol. The number of carbonyl (C=O) groups is 1. The van der Waals surface area contributed by atoms with Gasteiger partial charge < -0.3 is 9.15 Å². The number of aryl methyl sites for hydroxylation is 1. The number of fused-ring (bicyclic) bond motifs is 1. The van der Waals surface area contributed by atoms with Crippen molar-refractivity contribution in [2.45, 2.75) is 19.8 Å². The lowest BCUT2D eigenvalue weighted by Gasteiger charge is -2.08. The number of benzene rings is 2. The zero-order valence-corrected chi connectivity index (χ0v) is 12.8. The van der Waals surface area contributed by atoms with Crippen molar-refractivity contribution in [1.82, 2.24) is 0 Å². The Kier molecular flexibility index (Phi) is 3.96. The van der Waals surface area contributed by atoms with Gasteiger partial charge in [0.25, 0.3) is 0 Å². The first kappa shape index (κ1) is 14.4. The summed E-state index contributed by atoms with van der Waals surface area (Å²) in [5.74, 6) is -0.240. The molecule has 0 N–H and O–H groups in total. The molecule has 0 spiro atoms. The minimum absolute atomic E-state index is 0.240. The molecule has 0 unspecified atom stereocenters. The number of esters is 1. The lowest BCUT2D eigenvalue weighted by atomic mass is 9.97. The molecule has 0 bridgehead atoms. The molecule has 3 rings (SSSR count). The molecule has 3 heteroatoms. The van der Waals surface area contributed by atoms with E-state index in [-0.39, 0.29) is 12.4 Å². The minimum atomic E-state index is -0.240. The van der Waals surface area contributed by atoms with Crippen LogP contribution >= 0.6 is 0 Å². The zero-order valence-electron chi connectivity index (χ0n) is 12.8. The number of rotatable bonds is 4. The lowest BCUT2D eigenvalue weighted by Crippen LogP contribution is -2.04.